The lowest BCUT2D eigenvalue weighted by Gasteiger charge is -2.13. The van der Waals surface area contributed by atoms with Gasteiger partial charge in [-0.1, -0.05) is 36.8 Å². The molecule has 30 heavy (non-hydrogen) atoms. The molecule has 0 saturated heterocycles. The normalized spacial score (nSPS) is 11.2. The van der Waals surface area contributed by atoms with Crippen LogP contribution >= 0.6 is 0 Å². The molecular formula is C21H19F3N4O2. The first-order valence-electron chi connectivity index (χ1n) is 9.12. The Labute approximate surface area is 170 Å². The highest BCUT2D eigenvalue weighted by molar-refractivity contribution is 5.99. The molecule has 0 unspecified atom stereocenters. The van der Waals surface area contributed by atoms with Crippen molar-refractivity contribution in [1.82, 2.24) is 20.6 Å². The summed E-state index contributed by atoms with van der Waals surface area (Å²) >= 11 is 0. The van der Waals surface area contributed by atoms with E-state index in [1.807, 2.05) is 12.3 Å². The van der Waals surface area contributed by atoms with Crippen molar-refractivity contribution in [2.45, 2.75) is 26.4 Å². The number of rotatable bonds is 4. The van der Waals surface area contributed by atoms with Crippen molar-refractivity contribution in [3.63, 3.8) is 0 Å². The summed E-state index contributed by atoms with van der Waals surface area (Å²) < 4.78 is 41.7. The largest absolute Gasteiger partial charge is 0.434 e. The number of aromatic nitrogens is 2. The molecule has 3 aromatic rings. The molecule has 1 aromatic heterocycles. The minimum atomic E-state index is -4.84. The molecule has 0 aliphatic rings. The summed E-state index contributed by atoms with van der Waals surface area (Å²) in [5.41, 5.74) is 4.52. The number of carbonyl (C=O) groups excluding carboxylic acids is 2. The van der Waals surface area contributed by atoms with E-state index < -0.39 is 29.2 Å². The van der Waals surface area contributed by atoms with E-state index in [0.29, 0.717) is 4.68 Å². The molecule has 0 fully saturated rings. The fourth-order valence-corrected chi connectivity index (χ4v) is 2.81. The molecule has 3 rings (SSSR count). The number of benzene rings is 2. The van der Waals surface area contributed by atoms with Crippen LogP contribution in [-0.4, -0.2) is 21.6 Å². The summed E-state index contributed by atoms with van der Waals surface area (Å²) in [7, 11) is 0. The van der Waals surface area contributed by atoms with Crippen molar-refractivity contribution >= 4 is 11.8 Å². The van der Waals surface area contributed by atoms with Crippen LogP contribution < -0.4 is 10.9 Å². The second-order valence-electron chi connectivity index (χ2n) is 6.61. The number of hydrogen-bond acceptors (Lipinski definition) is 3. The van der Waals surface area contributed by atoms with Gasteiger partial charge in [0.2, 0.25) is 0 Å². The van der Waals surface area contributed by atoms with Crippen LogP contribution in [0.25, 0.3) is 5.69 Å². The van der Waals surface area contributed by atoms with Gasteiger partial charge in [0.1, 0.15) is 0 Å². The average Bonchev–Trinajstić information content (AvgIpc) is 3.18. The van der Waals surface area contributed by atoms with Gasteiger partial charge in [0.25, 0.3) is 11.8 Å². The maximum atomic E-state index is 13.7. The summed E-state index contributed by atoms with van der Waals surface area (Å²) in [4.78, 5) is 24.5. The van der Waals surface area contributed by atoms with E-state index in [0.717, 1.165) is 23.7 Å². The van der Waals surface area contributed by atoms with Gasteiger partial charge < -0.3 is 0 Å². The van der Waals surface area contributed by atoms with Crippen molar-refractivity contribution in [2.24, 2.45) is 0 Å². The number of amides is 2. The van der Waals surface area contributed by atoms with E-state index >= 15 is 0 Å². The van der Waals surface area contributed by atoms with Crippen molar-refractivity contribution in [3.8, 4) is 5.69 Å². The van der Waals surface area contributed by atoms with Crippen molar-refractivity contribution in [2.75, 3.05) is 0 Å². The molecule has 9 heteroatoms. The number of alkyl halides is 3. The van der Waals surface area contributed by atoms with E-state index in [-0.39, 0.29) is 11.3 Å². The predicted molar refractivity (Wildman–Crippen MR) is 104 cm³/mol. The monoisotopic (exact) mass is 416 g/mol. The molecule has 6 nitrogen and oxygen atoms in total. The fraction of sp³-hybridized carbons (Fsp3) is 0.190. The van der Waals surface area contributed by atoms with Crippen LogP contribution in [0.1, 0.15) is 44.5 Å². The van der Waals surface area contributed by atoms with E-state index in [1.54, 1.807) is 43.3 Å². The summed E-state index contributed by atoms with van der Waals surface area (Å²) in [6.07, 6.45) is -3.22. The van der Waals surface area contributed by atoms with Gasteiger partial charge in [-0.2, -0.15) is 18.3 Å². The molecule has 0 radical (unpaired) electrons. The van der Waals surface area contributed by atoms with Gasteiger partial charge in [-0.05, 0) is 43.2 Å². The Morgan fingerprint density at radius 3 is 2.13 bits per heavy atom. The molecule has 0 aliphatic carbocycles. The zero-order chi connectivity index (χ0) is 21.9. The third kappa shape index (κ3) is 4.51. The average molecular weight is 416 g/mol. The van der Waals surface area contributed by atoms with Crippen molar-refractivity contribution < 1.29 is 22.8 Å². The van der Waals surface area contributed by atoms with E-state index in [9.17, 15) is 22.8 Å². The first-order valence-corrected chi connectivity index (χ1v) is 9.12. The molecule has 1 heterocycles. The number of halogens is 3. The van der Waals surface area contributed by atoms with Crippen LogP contribution in [0.4, 0.5) is 13.2 Å². The van der Waals surface area contributed by atoms with Crippen molar-refractivity contribution in [1.29, 1.82) is 0 Å². The van der Waals surface area contributed by atoms with Gasteiger partial charge >= 0.3 is 6.18 Å². The molecule has 2 aromatic carbocycles. The first kappa shape index (κ1) is 21.1. The minimum Gasteiger partial charge on any atom is -0.267 e. The minimum absolute atomic E-state index is 0.159. The Bertz CT molecular complexity index is 1060. The van der Waals surface area contributed by atoms with Gasteiger partial charge in [-0.25, -0.2) is 4.68 Å². The van der Waals surface area contributed by atoms with Gasteiger partial charge in [-0.15, -0.1) is 0 Å². The van der Waals surface area contributed by atoms with Crippen LogP contribution in [0.5, 0.6) is 0 Å². The molecule has 0 spiro atoms. The highest BCUT2D eigenvalue weighted by Crippen LogP contribution is 2.33. The van der Waals surface area contributed by atoms with Gasteiger partial charge in [0.05, 0.1) is 17.4 Å². The number of hydrazine groups is 1. The zero-order valence-corrected chi connectivity index (χ0v) is 16.2. The first-order chi connectivity index (χ1) is 14.2. The highest BCUT2D eigenvalue weighted by atomic mass is 19.4. The summed E-state index contributed by atoms with van der Waals surface area (Å²) in [5.74, 6) is -1.77. The van der Waals surface area contributed by atoms with Crippen LogP contribution in [0.3, 0.4) is 0 Å². The lowest BCUT2D eigenvalue weighted by atomic mass is 10.1. The number of hydrogen-bond donors (Lipinski definition) is 2. The van der Waals surface area contributed by atoms with E-state index in [2.05, 4.69) is 10.5 Å². The van der Waals surface area contributed by atoms with Gasteiger partial charge in [0.15, 0.2) is 5.69 Å². The summed E-state index contributed by atoms with van der Waals surface area (Å²) in [5, 5.41) is 3.73. The van der Waals surface area contributed by atoms with Crippen LogP contribution in [0, 0.1) is 6.92 Å². The standard InChI is InChI=1S/C21H19F3N4O2/c1-3-14-6-8-15(9-7-14)19(29)26-27-20(30)17-12-25-28(18(17)21(22,23)24)16-10-4-13(2)5-11-16/h4-12H,3H2,1-2H3,(H,26,29)(H,27,30). The summed E-state index contributed by atoms with van der Waals surface area (Å²) in [6.45, 7) is 3.76. The van der Waals surface area contributed by atoms with Crippen LogP contribution in [0.2, 0.25) is 0 Å². The Kier molecular flexibility index (Phi) is 5.91. The molecule has 2 N–H and O–H groups in total. The number of aryl methyl sites for hydroxylation is 2. The van der Waals surface area contributed by atoms with E-state index in [1.165, 1.54) is 12.1 Å². The second-order valence-corrected chi connectivity index (χ2v) is 6.61. The summed E-state index contributed by atoms with van der Waals surface area (Å²) in [6, 6.07) is 12.9. The molecule has 156 valence electrons. The number of nitrogens with one attached hydrogen (secondary N) is 2. The van der Waals surface area contributed by atoms with Gasteiger partial charge in [0, 0.05) is 5.56 Å². The maximum Gasteiger partial charge on any atom is 0.434 e. The Morgan fingerprint density at radius 1 is 0.967 bits per heavy atom. The maximum absolute atomic E-state index is 13.7. The lowest BCUT2D eigenvalue weighted by molar-refractivity contribution is -0.143. The molecule has 2 amide bonds. The Hall–Kier alpha value is -3.62. The van der Waals surface area contributed by atoms with Gasteiger partial charge in [-0.3, -0.25) is 20.4 Å². The topological polar surface area (TPSA) is 76.0 Å². The third-order valence-electron chi connectivity index (χ3n) is 4.47. The number of carbonyl (C=O) groups is 2. The van der Waals surface area contributed by atoms with E-state index in [4.69, 9.17) is 0 Å². The molecule has 0 saturated carbocycles. The number of nitrogens with zero attached hydrogens (tertiary/aromatic N) is 2. The SMILES string of the molecule is CCc1ccc(C(=O)NNC(=O)c2cnn(-c3ccc(C)cc3)c2C(F)(F)F)cc1. The second kappa shape index (κ2) is 8.40. The lowest BCUT2D eigenvalue weighted by Crippen LogP contribution is -2.42. The molecule has 0 atom stereocenters. The Morgan fingerprint density at radius 2 is 1.57 bits per heavy atom. The van der Waals surface area contributed by atoms with Crippen LogP contribution in [0.15, 0.2) is 54.7 Å². The molecule has 0 bridgehead atoms. The van der Waals surface area contributed by atoms with Crippen molar-refractivity contribution in [3.05, 3.63) is 82.7 Å². The zero-order valence-electron chi connectivity index (χ0n) is 16.2. The third-order valence-corrected chi connectivity index (χ3v) is 4.47. The highest BCUT2D eigenvalue weighted by Gasteiger charge is 2.40. The predicted octanol–water partition coefficient (Wildman–Crippen LogP) is 3.84. The molecule has 0 aliphatic heterocycles. The quantitative estimate of drug-likeness (QED) is 0.635. The fourth-order valence-electron chi connectivity index (χ4n) is 2.81. The Balaban J connectivity index is 1.81. The smallest absolute Gasteiger partial charge is 0.267 e. The molecular weight excluding hydrogens is 397 g/mol. The van der Waals surface area contributed by atoms with Crippen LogP contribution in [-0.2, 0) is 12.6 Å².